The van der Waals surface area contributed by atoms with Crippen LogP contribution in [0.25, 0.3) is 0 Å². The van der Waals surface area contributed by atoms with Gasteiger partial charge in [0.1, 0.15) is 19.8 Å². The molecule has 10 heteroatoms. The Morgan fingerprint density at radius 3 is 0.868 bits per heavy atom. The highest BCUT2D eigenvalue weighted by molar-refractivity contribution is 7.47. The molecule has 0 saturated heterocycles. The molecule has 2 atom stereocenters. The van der Waals surface area contributed by atoms with Crippen LogP contribution < -0.4 is 0 Å². The lowest BCUT2D eigenvalue weighted by Gasteiger charge is -2.24. The first-order chi connectivity index (χ1) is 44.5. The molecule has 0 aromatic carbocycles. The van der Waals surface area contributed by atoms with Gasteiger partial charge in [-0.3, -0.25) is 18.6 Å². The lowest BCUT2D eigenvalue weighted by atomic mass is 10.0. The first-order valence-corrected chi connectivity index (χ1v) is 42.1. The number of phosphoric ester groups is 1. The number of quaternary nitrogens is 1. The van der Waals surface area contributed by atoms with Crippen molar-refractivity contribution in [3.63, 3.8) is 0 Å². The second-order valence-electron chi connectivity index (χ2n) is 29.2. The summed E-state index contributed by atoms with van der Waals surface area (Å²) in [6.07, 6.45) is 93.4. The van der Waals surface area contributed by atoms with Crippen molar-refractivity contribution in [3.05, 3.63) is 24.3 Å². The Balaban J connectivity index is 3.86. The largest absolute Gasteiger partial charge is 0.472 e. The molecule has 0 fully saturated rings. The highest BCUT2D eigenvalue weighted by Crippen LogP contribution is 2.43. The number of rotatable bonds is 77. The molecule has 0 amide bonds. The number of ether oxygens (including phenoxy) is 2. The normalized spacial score (nSPS) is 13.1. The molecule has 0 aliphatic rings. The summed E-state index contributed by atoms with van der Waals surface area (Å²) in [5.41, 5.74) is 0. The fourth-order valence-corrected chi connectivity index (χ4v) is 13.3. The zero-order valence-corrected chi connectivity index (χ0v) is 62.8. The third-order valence-corrected chi connectivity index (χ3v) is 19.7. The summed E-state index contributed by atoms with van der Waals surface area (Å²) in [5, 5.41) is 0. The van der Waals surface area contributed by atoms with Crippen molar-refractivity contribution in [1.82, 2.24) is 0 Å². The van der Waals surface area contributed by atoms with Crippen molar-refractivity contribution >= 4 is 19.8 Å². The summed E-state index contributed by atoms with van der Waals surface area (Å²) in [4.78, 5) is 36.0. The Morgan fingerprint density at radius 2 is 0.593 bits per heavy atom. The predicted molar refractivity (Wildman–Crippen MR) is 395 cm³/mol. The number of esters is 2. The first kappa shape index (κ1) is 89.5. The zero-order chi connectivity index (χ0) is 66.2. The van der Waals surface area contributed by atoms with Crippen molar-refractivity contribution < 1.29 is 42.1 Å². The van der Waals surface area contributed by atoms with Gasteiger partial charge in [-0.25, -0.2) is 4.57 Å². The number of hydrogen-bond acceptors (Lipinski definition) is 7. The van der Waals surface area contributed by atoms with E-state index in [2.05, 4.69) is 38.2 Å². The van der Waals surface area contributed by atoms with Gasteiger partial charge >= 0.3 is 19.8 Å². The molecule has 0 saturated carbocycles. The van der Waals surface area contributed by atoms with Crippen molar-refractivity contribution in [2.45, 2.75) is 437 Å². The van der Waals surface area contributed by atoms with E-state index in [1.54, 1.807) is 0 Å². The second kappa shape index (κ2) is 72.8. The predicted octanol–water partition coefficient (Wildman–Crippen LogP) is 26.8. The van der Waals surface area contributed by atoms with Crippen molar-refractivity contribution in [3.8, 4) is 0 Å². The first-order valence-electron chi connectivity index (χ1n) is 40.6. The molecule has 0 heterocycles. The molecule has 0 radical (unpaired) electrons. The van der Waals surface area contributed by atoms with E-state index in [4.69, 9.17) is 18.5 Å². The number of nitrogens with zero attached hydrogens (tertiary/aromatic N) is 1. The van der Waals surface area contributed by atoms with Crippen LogP contribution in [0.2, 0.25) is 0 Å². The molecule has 0 aromatic rings. The van der Waals surface area contributed by atoms with E-state index < -0.39 is 26.5 Å². The summed E-state index contributed by atoms with van der Waals surface area (Å²) >= 11 is 0. The molecule has 1 N–H and O–H groups in total. The second-order valence-corrected chi connectivity index (χ2v) is 30.6. The van der Waals surface area contributed by atoms with Crippen LogP contribution in [0.5, 0.6) is 0 Å². The van der Waals surface area contributed by atoms with E-state index in [-0.39, 0.29) is 25.6 Å². The molecule has 2 unspecified atom stereocenters. The van der Waals surface area contributed by atoms with E-state index in [0.29, 0.717) is 17.4 Å². The SMILES string of the molecule is CCCCCCC/C=C\C/C=C\CCCCCCCCCCCCCCCCCCCCCCCCCCCCCCCC(=O)OC(COC(=O)CCCCCCCCCCCCCCCCCCCCCCCCCCCC)COP(=O)(O)OCC[N+](C)(C)C. The third kappa shape index (κ3) is 77.4. The van der Waals surface area contributed by atoms with Crippen LogP contribution in [-0.2, 0) is 32.7 Å². The van der Waals surface area contributed by atoms with Crippen LogP contribution >= 0.6 is 7.82 Å². The van der Waals surface area contributed by atoms with E-state index in [1.807, 2.05) is 21.1 Å². The molecule has 0 bridgehead atoms. The number of likely N-dealkylation sites (N-methyl/N-ethyl adjacent to an activating group) is 1. The topological polar surface area (TPSA) is 108 Å². The molecule has 0 rings (SSSR count). The van der Waals surface area contributed by atoms with Gasteiger partial charge in [0.25, 0.3) is 0 Å². The lowest BCUT2D eigenvalue weighted by molar-refractivity contribution is -0.870. The quantitative estimate of drug-likeness (QED) is 0.0211. The Labute approximate surface area is 568 Å². The monoisotopic (exact) mass is 1310 g/mol. The Hall–Kier alpha value is -1.51. The van der Waals surface area contributed by atoms with E-state index in [9.17, 15) is 19.0 Å². The smallest absolute Gasteiger partial charge is 0.462 e. The molecule has 0 aliphatic heterocycles. The Bertz CT molecular complexity index is 1580. The van der Waals surface area contributed by atoms with Crippen LogP contribution in [0.15, 0.2) is 24.3 Å². The summed E-state index contributed by atoms with van der Waals surface area (Å²) in [6, 6.07) is 0. The van der Waals surface area contributed by atoms with Gasteiger partial charge in [-0.2, -0.15) is 0 Å². The van der Waals surface area contributed by atoms with Crippen LogP contribution in [0, 0.1) is 0 Å². The van der Waals surface area contributed by atoms with Gasteiger partial charge in [0.05, 0.1) is 27.7 Å². The van der Waals surface area contributed by atoms with Gasteiger partial charge in [-0.05, 0) is 44.9 Å². The summed E-state index contributed by atoms with van der Waals surface area (Å²) in [5.74, 6) is -0.767. The molecule has 540 valence electrons. The Morgan fingerprint density at radius 1 is 0.341 bits per heavy atom. The third-order valence-electron chi connectivity index (χ3n) is 18.7. The minimum absolute atomic E-state index is 0.0367. The maximum absolute atomic E-state index is 12.9. The van der Waals surface area contributed by atoms with E-state index in [0.717, 1.165) is 44.9 Å². The molecular weight excluding hydrogens is 1150 g/mol. The summed E-state index contributed by atoms with van der Waals surface area (Å²) < 4.78 is 34.8. The van der Waals surface area contributed by atoms with E-state index >= 15 is 0 Å². The van der Waals surface area contributed by atoms with Gasteiger partial charge in [-0.15, -0.1) is 0 Å². The van der Waals surface area contributed by atoms with Gasteiger partial charge in [0, 0.05) is 12.8 Å². The van der Waals surface area contributed by atoms with Crippen molar-refractivity contribution in [1.29, 1.82) is 0 Å². The summed E-state index contributed by atoms with van der Waals surface area (Å²) in [7, 11) is 1.51. The average Bonchev–Trinajstić information content (AvgIpc) is 3.69. The number of carbonyl (C=O) groups is 2. The van der Waals surface area contributed by atoms with Crippen LogP contribution in [0.1, 0.15) is 431 Å². The molecule has 91 heavy (non-hydrogen) atoms. The van der Waals surface area contributed by atoms with Crippen LogP contribution in [0.4, 0.5) is 0 Å². The highest BCUT2D eigenvalue weighted by Gasteiger charge is 2.27. The fraction of sp³-hybridized carbons (Fsp3) is 0.926. The van der Waals surface area contributed by atoms with Crippen LogP contribution in [-0.4, -0.2) is 74.9 Å². The average molecular weight is 1310 g/mol. The lowest BCUT2D eigenvalue weighted by Crippen LogP contribution is -2.37. The minimum Gasteiger partial charge on any atom is -0.462 e. The maximum Gasteiger partial charge on any atom is 0.472 e. The number of hydrogen-bond donors (Lipinski definition) is 1. The van der Waals surface area contributed by atoms with Crippen LogP contribution in [0.3, 0.4) is 0 Å². The molecule has 0 spiro atoms. The minimum atomic E-state index is -4.39. The highest BCUT2D eigenvalue weighted by atomic mass is 31.2. The summed E-state index contributed by atoms with van der Waals surface area (Å²) in [6.45, 7) is 4.52. The zero-order valence-electron chi connectivity index (χ0n) is 61.9. The Kier molecular flexibility index (Phi) is 71.5. The fourth-order valence-electron chi connectivity index (χ4n) is 12.5. The van der Waals surface area contributed by atoms with Gasteiger partial charge in [-0.1, -0.05) is 398 Å². The molecule has 0 aliphatic carbocycles. The van der Waals surface area contributed by atoms with Crippen molar-refractivity contribution in [2.24, 2.45) is 0 Å². The van der Waals surface area contributed by atoms with E-state index in [1.165, 1.54) is 360 Å². The molecular formula is C81H159NO8P+. The standard InChI is InChI=1S/C81H158NO8P/c1-6-8-10-12-14-16-18-20-22-24-26-28-30-32-34-35-36-37-38-39-40-41-42-43-44-45-46-47-48-50-52-54-56-58-60-62-64-66-68-70-72-74-81(84)90-79(78-89-91(85,86)88-76-75-82(3,4)5)77-87-80(83)73-71-69-67-65-63-61-59-57-55-53-51-49-33-31-29-27-25-23-21-19-17-15-13-11-9-7-2/h18,20,24,26,79H,6-17,19,21-23,25,27-78H2,1-5H3/p+1/b20-18-,26-24-. The van der Waals surface area contributed by atoms with Crippen molar-refractivity contribution in [2.75, 3.05) is 47.5 Å². The molecule has 9 nitrogen and oxygen atoms in total. The number of carbonyl (C=O) groups excluding carboxylic acids is 2. The van der Waals surface area contributed by atoms with Gasteiger partial charge in [0.15, 0.2) is 6.10 Å². The number of phosphoric acid groups is 1. The molecule has 0 aromatic heterocycles. The van der Waals surface area contributed by atoms with Gasteiger partial charge in [0.2, 0.25) is 0 Å². The van der Waals surface area contributed by atoms with Gasteiger partial charge < -0.3 is 18.9 Å². The number of unbranched alkanes of at least 4 members (excludes halogenated alkanes) is 59. The maximum atomic E-state index is 12.9. The number of allylic oxidation sites excluding steroid dienone is 4.